The average Bonchev–Trinajstić information content (AvgIpc) is 2.70. The highest BCUT2D eigenvalue weighted by Gasteiger charge is 2.37. The van der Waals surface area contributed by atoms with E-state index in [1.807, 2.05) is 6.08 Å². The van der Waals surface area contributed by atoms with Crippen LogP contribution in [-0.4, -0.2) is 64.4 Å². The Bertz CT molecular complexity index is 586. The fourth-order valence-electron chi connectivity index (χ4n) is 2.34. The molecule has 0 radical (unpaired) electrons. The van der Waals surface area contributed by atoms with Crippen LogP contribution in [0.3, 0.4) is 0 Å². The first-order chi connectivity index (χ1) is 13.7. The fraction of sp³-hybridized carbons (Fsp3) is 0.714. The second kappa shape index (κ2) is 15.3. The van der Waals surface area contributed by atoms with Crippen LogP contribution in [-0.2, 0) is 14.4 Å². The summed E-state index contributed by atoms with van der Waals surface area (Å²) in [5, 5.41) is 22.3. The van der Waals surface area contributed by atoms with Gasteiger partial charge in [-0.3, -0.25) is 19.3 Å². The van der Waals surface area contributed by atoms with Crippen molar-refractivity contribution < 1.29 is 24.6 Å². The molecule has 0 bridgehead atoms. The zero-order chi connectivity index (χ0) is 22.3. The summed E-state index contributed by atoms with van der Waals surface area (Å²) in [7, 11) is 0. The highest BCUT2D eigenvalue weighted by atomic mass is 32.1. The molecule has 7 nitrogen and oxygen atoms in total. The van der Waals surface area contributed by atoms with Gasteiger partial charge in [-0.25, -0.2) is 0 Å². The van der Waals surface area contributed by atoms with Crippen LogP contribution in [0, 0.1) is 5.41 Å². The molecule has 0 spiro atoms. The minimum Gasteiger partial charge on any atom is -0.396 e. The third-order valence-electron chi connectivity index (χ3n) is 4.41. The summed E-state index contributed by atoms with van der Waals surface area (Å²) in [6.45, 7) is 4.98. The second-order valence-corrected chi connectivity index (χ2v) is 7.98. The molecule has 3 amide bonds. The maximum Gasteiger partial charge on any atom is 0.258 e. The van der Waals surface area contributed by atoms with Crippen molar-refractivity contribution in [3.63, 3.8) is 0 Å². The monoisotopic (exact) mass is 428 g/mol. The number of carbonyl (C=O) groups excluding carboxylic acids is 3. The number of carbonyl (C=O) groups is 3. The molecule has 0 rings (SSSR count). The minimum absolute atomic E-state index is 0.0689. The van der Waals surface area contributed by atoms with Crippen LogP contribution in [0.5, 0.6) is 0 Å². The van der Waals surface area contributed by atoms with E-state index in [-0.39, 0.29) is 25.3 Å². The minimum atomic E-state index is -1.56. The van der Waals surface area contributed by atoms with Gasteiger partial charge in [0.25, 0.3) is 5.91 Å². The largest absolute Gasteiger partial charge is 0.396 e. The lowest BCUT2D eigenvalue weighted by Crippen LogP contribution is -2.50. The number of unbranched alkanes of at least 4 members (excludes halogenated alkanes) is 3. The van der Waals surface area contributed by atoms with E-state index >= 15 is 0 Å². The smallest absolute Gasteiger partial charge is 0.258 e. The number of nitrogens with zero attached hydrogens (tertiary/aromatic N) is 1. The van der Waals surface area contributed by atoms with Crippen molar-refractivity contribution in [3.05, 3.63) is 17.9 Å². The van der Waals surface area contributed by atoms with Crippen LogP contribution in [0.4, 0.5) is 0 Å². The van der Waals surface area contributed by atoms with E-state index in [9.17, 15) is 24.6 Å². The van der Waals surface area contributed by atoms with Crippen LogP contribution in [0.15, 0.2) is 17.9 Å². The number of imide groups is 1. The summed E-state index contributed by atoms with van der Waals surface area (Å²) in [5.74, 6) is -1.19. The molecule has 0 fully saturated rings. The normalized spacial score (nSPS) is 11.9. The average molecular weight is 429 g/mol. The van der Waals surface area contributed by atoms with Gasteiger partial charge in [0.15, 0.2) is 0 Å². The highest BCUT2D eigenvalue weighted by molar-refractivity contribution is 7.80. The summed E-state index contributed by atoms with van der Waals surface area (Å²) < 4.78 is 0. The molecule has 0 unspecified atom stereocenters. The Morgan fingerprint density at radius 2 is 1.93 bits per heavy atom. The Balaban J connectivity index is 5.10. The van der Waals surface area contributed by atoms with E-state index in [0.717, 1.165) is 30.6 Å². The first kappa shape index (κ1) is 27.4. The van der Waals surface area contributed by atoms with E-state index in [1.54, 1.807) is 6.08 Å². The summed E-state index contributed by atoms with van der Waals surface area (Å²) in [6, 6.07) is 0. The van der Waals surface area contributed by atoms with Crippen molar-refractivity contribution in [1.29, 1.82) is 0 Å². The molecule has 0 aliphatic heterocycles. The Morgan fingerprint density at radius 1 is 1.24 bits per heavy atom. The molecule has 0 heterocycles. The van der Waals surface area contributed by atoms with Crippen LogP contribution in [0.2, 0.25) is 0 Å². The van der Waals surface area contributed by atoms with E-state index in [2.05, 4.69) is 30.6 Å². The van der Waals surface area contributed by atoms with Crippen molar-refractivity contribution in [2.24, 2.45) is 5.41 Å². The van der Waals surface area contributed by atoms with Crippen LogP contribution in [0.1, 0.15) is 59.3 Å². The number of rotatable bonds is 14. The predicted octanol–water partition coefficient (Wildman–Crippen LogP) is 1.84. The lowest BCUT2D eigenvalue weighted by atomic mass is 9.86. The van der Waals surface area contributed by atoms with Gasteiger partial charge in [0.2, 0.25) is 11.8 Å². The van der Waals surface area contributed by atoms with Gasteiger partial charge in [-0.15, -0.1) is 5.73 Å². The van der Waals surface area contributed by atoms with E-state index < -0.39 is 29.9 Å². The zero-order valence-corrected chi connectivity index (χ0v) is 18.7. The van der Waals surface area contributed by atoms with Gasteiger partial charge in [0.1, 0.15) is 6.10 Å². The second-order valence-electron chi connectivity index (χ2n) is 7.53. The maximum atomic E-state index is 12.7. The topological polar surface area (TPSA) is 107 Å². The van der Waals surface area contributed by atoms with Gasteiger partial charge in [-0.05, 0) is 25.0 Å². The Labute approximate surface area is 179 Å². The van der Waals surface area contributed by atoms with E-state index in [0.29, 0.717) is 12.3 Å². The van der Waals surface area contributed by atoms with Gasteiger partial charge >= 0.3 is 0 Å². The van der Waals surface area contributed by atoms with Gasteiger partial charge < -0.3 is 15.5 Å². The first-order valence-corrected chi connectivity index (χ1v) is 10.7. The summed E-state index contributed by atoms with van der Waals surface area (Å²) in [5.41, 5.74) is 1.82. The number of hydrogen-bond acceptors (Lipinski definition) is 6. The summed E-state index contributed by atoms with van der Waals surface area (Å²) in [6.07, 6.45) is 5.87. The molecular formula is C21H36N2O5S. The number of nitrogens with one attached hydrogen (secondary N) is 1. The fourth-order valence-corrected chi connectivity index (χ4v) is 2.45. The third kappa shape index (κ3) is 11.2. The highest BCUT2D eigenvalue weighted by Crippen LogP contribution is 2.22. The molecule has 0 aromatic heterocycles. The molecule has 29 heavy (non-hydrogen) atoms. The van der Waals surface area contributed by atoms with Gasteiger partial charge in [0.05, 0.1) is 13.0 Å². The van der Waals surface area contributed by atoms with Crippen LogP contribution < -0.4 is 5.32 Å². The van der Waals surface area contributed by atoms with Crippen molar-refractivity contribution in [2.45, 2.75) is 65.4 Å². The molecule has 166 valence electrons. The molecule has 0 aromatic carbocycles. The Morgan fingerprint density at radius 3 is 2.52 bits per heavy atom. The molecular weight excluding hydrogens is 392 g/mol. The summed E-state index contributed by atoms with van der Waals surface area (Å²) >= 11 is 4.01. The van der Waals surface area contributed by atoms with Crippen molar-refractivity contribution in [2.75, 3.05) is 25.4 Å². The lowest BCUT2D eigenvalue weighted by molar-refractivity contribution is -0.156. The quantitative estimate of drug-likeness (QED) is 0.192. The number of amides is 3. The predicted molar refractivity (Wildman–Crippen MR) is 116 cm³/mol. The van der Waals surface area contributed by atoms with Crippen molar-refractivity contribution in [1.82, 2.24) is 10.2 Å². The zero-order valence-electron chi connectivity index (χ0n) is 17.8. The molecule has 0 saturated carbocycles. The Hall–Kier alpha value is -1.60. The Kier molecular flexibility index (Phi) is 14.4. The van der Waals surface area contributed by atoms with E-state index in [4.69, 9.17) is 0 Å². The molecule has 0 aromatic rings. The number of aliphatic hydroxyl groups is 2. The standard InChI is InChI=1S/C21H36N2O5S/c1-4-5-6-7-8-9-10-11-18(26)23(14-12-17(25)22-13-15-29)20(28)19(27)21(2,3)16-24/h8,10,19,24,27,29H,4-7,11-16H2,1-3H3,(H,22,25)/t9?,19-/m1/s1. The number of thiol groups is 1. The van der Waals surface area contributed by atoms with Gasteiger partial charge in [0, 0.05) is 30.7 Å². The lowest BCUT2D eigenvalue weighted by Gasteiger charge is -2.31. The first-order valence-electron chi connectivity index (χ1n) is 10.1. The van der Waals surface area contributed by atoms with Gasteiger partial charge in [-0.1, -0.05) is 33.6 Å². The molecule has 1 atom stereocenters. The van der Waals surface area contributed by atoms with Crippen molar-refractivity contribution in [3.8, 4) is 0 Å². The van der Waals surface area contributed by atoms with E-state index in [1.165, 1.54) is 13.8 Å². The molecule has 3 N–H and O–H groups in total. The number of aliphatic hydroxyl groups excluding tert-OH is 2. The number of hydrogen-bond donors (Lipinski definition) is 4. The molecule has 8 heteroatoms. The maximum absolute atomic E-state index is 12.7. The summed E-state index contributed by atoms with van der Waals surface area (Å²) in [4.78, 5) is 38.0. The van der Waals surface area contributed by atoms with Crippen LogP contribution in [0.25, 0.3) is 0 Å². The third-order valence-corrected chi connectivity index (χ3v) is 4.63. The van der Waals surface area contributed by atoms with Gasteiger partial charge in [-0.2, -0.15) is 12.6 Å². The molecule has 0 saturated heterocycles. The molecule has 0 aliphatic carbocycles. The SMILES string of the molecule is CCCCCC=C=CCC(=O)N(CCC(=O)NCCS)C(=O)[C@@H](O)C(C)(C)CO. The van der Waals surface area contributed by atoms with Crippen LogP contribution >= 0.6 is 12.6 Å². The van der Waals surface area contributed by atoms with Crippen molar-refractivity contribution >= 4 is 30.4 Å². The molecule has 0 aliphatic rings.